The molecule has 0 unspecified atom stereocenters. The van der Waals surface area contributed by atoms with Gasteiger partial charge in [0.05, 0.1) is 5.92 Å². The minimum atomic E-state index is -0.655. The van der Waals surface area contributed by atoms with Gasteiger partial charge in [0.1, 0.15) is 0 Å². The Morgan fingerprint density at radius 1 is 0.844 bits per heavy atom. The summed E-state index contributed by atoms with van der Waals surface area (Å²) < 4.78 is 6.08. The molecule has 0 saturated heterocycles. The first kappa shape index (κ1) is 22.2. The van der Waals surface area contributed by atoms with E-state index < -0.39 is 36.2 Å². The van der Waals surface area contributed by atoms with Gasteiger partial charge in [-0.3, -0.25) is 30.0 Å². The van der Waals surface area contributed by atoms with Crippen molar-refractivity contribution in [2.24, 2.45) is 23.7 Å². The number of fused-ring (bicyclic) bond motifs is 2. The van der Waals surface area contributed by atoms with Crippen LogP contribution in [-0.4, -0.2) is 30.2 Å². The summed E-state index contributed by atoms with van der Waals surface area (Å²) in [7, 11) is 0. The average molecular weight is 499 g/mol. The van der Waals surface area contributed by atoms with Crippen LogP contribution in [0.25, 0.3) is 0 Å². The Balaban J connectivity index is 1.31. The van der Waals surface area contributed by atoms with Crippen molar-refractivity contribution in [3.05, 3.63) is 70.2 Å². The second-order valence-electron chi connectivity index (χ2n) is 8.23. The number of esters is 1. The summed E-state index contributed by atoms with van der Waals surface area (Å²) in [6.07, 6.45) is 2.65. The van der Waals surface area contributed by atoms with Gasteiger partial charge in [0, 0.05) is 21.5 Å². The molecule has 0 radical (unpaired) electrons. The molecule has 2 amide bonds. The Morgan fingerprint density at radius 3 is 2.19 bits per heavy atom. The van der Waals surface area contributed by atoms with Crippen LogP contribution in [0.1, 0.15) is 40.0 Å². The van der Waals surface area contributed by atoms with E-state index in [-0.39, 0.29) is 17.6 Å². The molecule has 2 N–H and O–H groups in total. The van der Waals surface area contributed by atoms with Gasteiger partial charge in [-0.15, -0.1) is 0 Å². The lowest BCUT2D eigenvalue weighted by molar-refractivity contribution is -0.155. The van der Waals surface area contributed by atoms with Crippen LogP contribution in [0.3, 0.4) is 0 Å². The van der Waals surface area contributed by atoms with Gasteiger partial charge >= 0.3 is 5.97 Å². The monoisotopic (exact) mass is 498 g/mol. The summed E-state index contributed by atoms with van der Waals surface area (Å²) in [4.78, 5) is 50.0. The number of ether oxygens (including phenoxy) is 1. The number of nitrogens with one attached hydrogen (secondary N) is 2. The number of ketones is 1. The molecule has 8 heteroatoms. The molecule has 2 aromatic carbocycles. The maximum atomic E-state index is 13.1. The van der Waals surface area contributed by atoms with Crippen LogP contribution < -0.4 is 10.9 Å². The number of halogens is 1. The highest BCUT2D eigenvalue weighted by atomic mass is 79.9. The van der Waals surface area contributed by atoms with E-state index in [0.29, 0.717) is 11.1 Å². The topological polar surface area (TPSA) is 102 Å². The zero-order valence-electron chi connectivity index (χ0n) is 17.3. The third kappa shape index (κ3) is 4.75. The first-order valence-corrected chi connectivity index (χ1v) is 11.3. The molecule has 2 aliphatic rings. The molecule has 166 valence electrons. The van der Waals surface area contributed by atoms with Gasteiger partial charge in [-0.1, -0.05) is 46.3 Å². The third-order valence-electron chi connectivity index (χ3n) is 6.32. The predicted molar refractivity (Wildman–Crippen MR) is 119 cm³/mol. The van der Waals surface area contributed by atoms with Crippen molar-refractivity contribution in [2.45, 2.75) is 19.3 Å². The molecule has 2 aliphatic carbocycles. The number of hydrogen-bond donors (Lipinski definition) is 2. The molecule has 7 nitrogen and oxygen atoms in total. The highest BCUT2D eigenvalue weighted by Gasteiger charge is 2.54. The number of carbonyl (C=O) groups excluding carboxylic acids is 4. The van der Waals surface area contributed by atoms with E-state index >= 15 is 0 Å². The number of benzene rings is 2. The van der Waals surface area contributed by atoms with Gasteiger partial charge in [-0.25, -0.2) is 0 Å². The van der Waals surface area contributed by atoms with Crippen LogP contribution >= 0.6 is 15.9 Å². The summed E-state index contributed by atoms with van der Waals surface area (Å²) in [5.74, 6) is -2.38. The maximum Gasteiger partial charge on any atom is 0.310 e. The number of hydrogen-bond acceptors (Lipinski definition) is 5. The molecule has 2 bridgehead atoms. The molecule has 2 saturated carbocycles. The summed E-state index contributed by atoms with van der Waals surface area (Å²) in [5, 5.41) is 0. The van der Waals surface area contributed by atoms with Crippen LogP contribution in [0.15, 0.2) is 59.1 Å². The zero-order valence-corrected chi connectivity index (χ0v) is 18.8. The zero-order chi connectivity index (χ0) is 22.7. The van der Waals surface area contributed by atoms with Crippen molar-refractivity contribution in [2.75, 3.05) is 6.61 Å². The number of amides is 2. The normalized spacial score (nSPS) is 23.4. The highest BCUT2D eigenvalue weighted by molar-refractivity contribution is 9.10. The average Bonchev–Trinajstić information content (AvgIpc) is 3.43. The molecule has 2 aromatic rings. The Kier molecular flexibility index (Phi) is 6.69. The molecule has 2 fully saturated rings. The summed E-state index contributed by atoms with van der Waals surface area (Å²) in [6.45, 7) is -0.528. The van der Waals surface area contributed by atoms with Crippen LogP contribution in [0.4, 0.5) is 0 Å². The SMILES string of the molecule is O=C(COC(=O)[C@@H]1[C@H]2CC[C@@H](C2)[C@@H]1C(=O)c1ccccc1)NNC(=O)c1ccc(Br)cc1. The Labute approximate surface area is 194 Å². The van der Waals surface area contributed by atoms with E-state index in [4.69, 9.17) is 4.74 Å². The van der Waals surface area contributed by atoms with E-state index in [2.05, 4.69) is 26.8 Å². The Morgan fingerprint density at radius 2 is 1.50 bits per heavy atom. The van der Waals surface area contributed by atoms with Gasteiger partial charge in [-0.2, -0.15) is 0 Å². The van der Waals surface area contributed by atoms with Crippen LogP contribution in [-0.2, 0) is 14.3 Å². The lowest BCUT2D eigenvalue weighted by Crippen LogP contribution is -2.44. The van der Waals surface area contributed by atoms with Crippen molar-refractivity contribution < 1.29 is 23.9 Å². The van der Waals surface area contributed by atoms with Crippen molar-refractivity contribution in [1.82, 2.24) is 10.9 Å². The first-order valence-electron chi connectivity index (χ1n) is 10.5. The second-order valence-corrected chi connectivity index (χ2v) is 9.15. The molecule has 32 heavy (non-hydrogen) atoms. The fourth-order valence-corrected chi connectivity index (χ4v) is 5.14. The standard InChI is InChI=1S/C24H23BrN2O5/c25-18-10-8-15(9-11-18)23(30)27-26-19(28)13-32-24(31)21-17-7-6-16(12-17)20(21)22(29)14-4-2-1-3-5-14/h1-5,8-11,16-17,20-21H,6-7,12-13H2,(H,26,28)(H,27,30)/t16-,17-,20-,21+/m0/s1. The number of hydrazine groups is 1. The van der Waals surface area contributed by atoms with Gasteiger partial charge in [0.25, 0.3) is 11.8 Å². The predicted octanol–water partition coefficient (Wildman–Crippen LogP) is 3.30. The smallest absolute Gasteiger partial charge is 0.310 e. The quantitative estimate of drug-likeness (QED) is 0.361. The van der Waals surface area contributed by atoms with Gasteiger partial charge in [0.15, 0.2) is 12.4 Å². The van der Waals surface area contributed by atoms with E-state index in [1.54, 1.807) is 48.5 Å². The summed E-state index contributed by atoms with van der Waals surface area (Å²) in [5.41, 5.74) is 5.49. The van der Waals surface area contributed by atoms with Crippen molar-refractivity contribution >= 4 is 39.5 Å². The summed E-state index contributed by atoms with van der Waals surface area (Å²) in [6, 6.07) is 15.6. The minimum Gasteiger partial charge on any atom is -0.455 e. The van der Waals surface area contributed by atoms with Crippen LogP contribution in [0, 0.1) is 23.7 Å². The third-order valence-corrected chi connectivity index (χ3v) is 6.85. The van der Waals surface area contributed by atoms with Crippen molar-refractivity contribution in [3.63, 3.8) is 0 Å². The molecule has 0 aliphatic heterocycles. The van der Waals surface area contributed by atoms with Crippen LogP contribution in [0.2, 0.25) is 0 Å². The Hall–Kier alpha value is -3.00. The minimum absolute atomic E-state index is 0.0361. The van der Waals surface area contributed by atoms with Gasteiger partial charge in [-0.05, 0) is 55.4 Å². The lowest BCUT2D eigenvalue weighted by Gasteiger charge is -2.28. The van der Waals surface area contributed by atoms with Gasteiger partial charge < -0.3 is 4.74 Å². The van der Waals surface area contributed by atoms with Crippen LogP contribution in [0.5, 0.6) is 0 Å². The van der Waals surface area contributed by atoms with Crippen molar-refractivity contribution in [3.8, 4) is 0 Å². The molecular formula is C24H23BrN2O5. The number of Topliss-reactive ketones (excluding diaryl/α,β-unsaturated/α-hetero) is 1. The Bertz CT molecular complexity index is 1020. The highest BCUT2D eigenvalue weighted by Crippen LogP contribution is 2.53. The fraction of sp³-hybridized carbons (Fsp3) is 0.333. The van der Waals surface area contributed by atoms with E-state index in [0.717, 1.165) is 23.7 Å². The van der Waals surface area contributed by atoms with E-state index in [9.17, 15) is 19.2 Å². The fourth-order valence-electron chi connectivity index (χ4n) is 4.87. The maximum absolute atomic E-state index is 13.1. The molecule has 4 atom stereocenters. The molecule has 0 aromatic heterocycles. The number of rotatable bonds is 6. The van der Waals surface area contributed by atoms with E-state index in [1.807, 2.05) is 6.07 Å². The second kappa shape index (κ2) is 9.65. The lowest BCUT2D eigenvalue weighted by atomic mass is 9.75. The molecule has 0 spiro atoms. The molecule has 4 rings (SSSR count). The summed E-state index contributed by atoms with van der Waals surface area (Å²) >= 11 is 3.29. The molecular weight excluding hydrogens is 476 g/mol. The van der Waals surface area contributed by atoms with Gasteiger partial charge in [0.2, 0.25) is 0 Å². The molecule has 0 heterocycles. The van der Waals surface area contributed by atoms with Crippen molar-refractivity contribution in [1.29, 1.82) is 0 Å². The largest absolute Gasteiger partial charge is 0.455 e. The van der Waals surface area contributed by atoms with E-state index in [1.165, 1.54) is 0 Å². The first-order chi connectivity index (χ1) is 15.4. The number of carbonyl (C=O) groups is 4.